The van der Waals surface area contributed by atoms with Crippen molar-refractivity contribution in [3.05, 3.63) is 59.7 Å². The first-order valence-corrected chi connectivity index (χ1v) is 11.8. The first-order chi connectivity index (χ1) is 16.9. The number of hydrogen-bond acceptors (Lipinski definition) is 6. The van der Waals surface area contributed by atoms with Gasteiger partial charge in [0.1, 0.15) is 11.8 Å². The molecule has 2 heterocycles. The molecule has 2 aliphatic rings. The lowest BCUT2D eigenvalue weighted by Gasteiger charge is -2.35. The fourth-order valence-corrected chi connectivity index (χ4v) is 4.85. The van der Waals surface area contributed by atoms with Crippen molar-refractivity contribution in [1.29, 1.82) is 0 Å². The normalized spacial score (nSPS) is 22.0. The van der Waals surface area contributed by atoms with E-state index >= 15 is 0 Å². The molecule has 0 spiro atoms. The molecule has 2 saturated heterocycles. The summed E-state index contributed by atoms with van der Waals surface area (Å²) < 4.78 is 10.3. The lowest BCUT2D eigenvalue weighted by Crippen LogP contribution is -2.54. The summed E-state index contributed by atoms with van der Waals surface area (Å²) in [4.78, 5) is 43.5. The zero-order valence-electron chi connectivity index (χ0n) is 20.3. The van der Waals surface area contributed by atoms with Crippen LogP contribution in [-0.2, 0) is 14.3 Å². The van der Waals surface area contributed by atoms with Crippen molar-refractivity contribution in [1.82, 2.24) is 15.1 Å². The molecule has 9 heteroatoms. The second-order valence-corrected chi connectivity index (χ2v) is 8.88. The van der Waals surface area contributed by atoms with Gasteiger partial charge in [-0.05, 0) is 43.2 Å². The Bertz CT molecular complexity index is 1050. The van der Waals surface area contributed by atoms with E-state index in [-0.39, 0.29) is 12.3 Å². The SMILES string of the molecule is COC(=O)C1CC(C(=O)N2CCNCC2)N(C(=O)Nc2ccc(OC)cc2)C1c1ccc(C)cc1. The molecule has 2 aliphatic heterocycles. The Balaban J connectivity index is 1.71. The number of nitrogens with one attached hydrogen (secondary N) is 2. The maximum absolute atomic E-state index is 13.7. The Hall–Kier alpha value is -3.59. The zero-order chi connectivity index (χ0) is 24.9. The van der Waals surface area contributed by atoms with Gasteiger partial charge in [-0.3, -0.25) is 9.59 Å². The molecular formula is C26H32N4O5. The zero-order valence-corrected chi connectivity index (χ0v) is 20.3. The van der Waals surface area contributed by atoms with Crippen molar-refractivity contribution in [3.63, 3.8) is 0 Å². The number of urea groups is 1. The number of amides is 3. The number of carbonyl (C=O) groups is 3. The van der Waals surface area contributed by atoms with Gasteiger partial charge in [0.25, 0.3) is 0 Å². The Labute approximate surface area is 205 Å². The summed E-state index contributed by atoms with van der Waals surface area (Å²) in [5.41, 5.74) is 2.41. The first kappa shape index (κ1) is 24.5. The molecule has 0 bridgehead atoms. The first-order valence-electron chi connectivity index (χ1n) is 11.8. The number of piperazine rings is 1. The fourth-order valence-electron chi connectivity index (χ4n) is 4.85. The lowest BCUT2D eigenvalue weighted by atomic mass is 9.92. The third-order valence-corrected chi connectivity index (χ3v) is 6.71. The Morgan fingerprint density at radius 2 is 1.63 bits per heavy atom. The number of esters is 1. The largest absolute Gasteiger partial charge is 0.497 e. The third-order valence-electron chi connectivity index (χ3n) is 6.71. The van der Waals surface area contributed by atoms with Gasteiger partial charge in [0.05, 0.1) is 26.2 Å². The van der Waals surface area contributed by atoms with E-state index < -0.39 is 30.0 Å². The van der Waals surface area contributed by atoms with Crippen molar-refractivity contribution in [2.24, 2.45) is 5.92 Å². The van der Waals surface area contributed by atoms with Crippen molar-refractivity contribution < 1.29 is 23.9 Å². The van der Waals surface area contributed by atoms with Crippen molar-refractivity contribution in [2.45, 2.75) is 25.4 Å². The van der Waals surface area contributed by atoms with Crippen LogP contribution < -0.4 is 15.4 Å². The molecule has 3 amide bonds. The standard InChI is InChI=1S/C26H32N4O5/c1-17-4-6-18(7-5-17)23-21(25(32)35-3)16-22(24(31)29-14-12-27-13-15-29)30(23)26(33)28-19-8-10-20(34-2)11-9-19/h4-11,21-23,27H,12-16H2,1-3H3,(H,28,33). The van der Waals surface area contributed by atoms with Crippen molar-refractivity contribution in [3.8, 4) is 5.75 Å². The summed E-state index contributed by atoms with van der Waals surface area (Å²) in [5.74, 6) is -0.589. The predicted molar refractivity (Wildman–Crippen MR) is 131 cm³/mol. The number of rotatable bonds is 5. The fraction of sp³-hybridized carbons (Fsp3) is 0.423. The van der Waals surface area contributed by atoms with Gasteiger partial charge >= 0.3 is 12.0 Å². The van der Waals surface area contributed by atoms with E-state index in [2.05, 4.69) is 10.6 Å². The van der Waals surface area contributed by atoms with Gasteiger partial charge in [-0.15, -0.1) is 0 Å². The van der Waals surface area contributed by atoms with Gasteiger partial charge in [-0.1, -0.05) is 29.8 Å². The van der Waals surface area contributed by atoms with Crippen LogP contribution in [0.25, 0.3) is 0 Å². The number of hydrogen-bond donors (Lipinski definition) is 2. The second-order valence-electron chi connectivity index (χ2n) is 8.88. The molecule has 35 heavy (non-hydrogen) atoms. The van der Waals surface area contributed by atoms with E-state index in [0.29, 0.717) is 37.6 Å². The van der Waals surface area contributed by atoms with Crippen LogP contribution in [0.2, 0.25) is 0 Å². The van der Waals surface area contributed by atoms with Gasteiger partial charge in [0.15, 0.2) is 0 Å². The molecule has 2 aromatic carbocycles. The van der Waals surface area contributed by atoms with Crippen LogP contribution in [0.1, 0.15) is 23.6 Å². The molecule has 0 aromatic heterocycles. The van der Waals surface area contributed by atoms with E-state index in [4.69, 9.17) is 9.47 Å². The second kappa shape index (κ2) is 10.8. The smallest absolute Gasteiger partial charge is 0.323 e. The van der Waals surface area contributed by atoms with Crippen LogP contribution in [-0.4, -0.2) is 74.1 Å². The predicted octanol–water partition coefficient (Wildman–Crippen LogP) is 2.57. The molecular weight excluding hydrogens is 448 g/mol. The summed E-state index contributed by atoms with van der Waals surface area (Å²) in [6.45, 7) is 4.47. The minimum Gasteiger partial charge on any atom is -0.497 e. The monoisotopic (exact) mass is 480 g/mol. The summed E-state index contributed by atoms with van der Waals surface area (Å²) in [7, 11) is 2.91. The van der Waals surface area contributed by atoms with E-state index in [1.807, 2.05) is 31.2 Å². The molecule has 4 rings (SSSR count). The maximum Gasteiger partial charge on any atom is 0.323 e. The minimum atomic E-state index is -0.790. The van der Waals surface area contributed by atoms with Crippen LogP contribution in [0.15, 0.2) is 48.5 Å². The molecule has 0 saturated carbocycles. The summed E-state index contributed by atoms with van der Waals surface area (Å²) in [6, 6.07) is 12.8. The van der Waals surface area contributed by atoms with Gasteiger partial charge < -0.3 is 29.9 Å². The average molecular weight is 481 g/mol. The van der Waals surface area contributed by atoms with E-state index in [0.717, 1.165) is 11.1 Å². The summed E-state index contributed by atoms with van der Waals surface area (Å²) in [6.07, 6.45) is 0.198. The highest BCUT2D eigenvalue weighted by Crippen LogP contribution is 2.43. The highest BCUT2D eigenvalue weighted by Gasteiger charge is 2.52. The van der Waals surface area contributed by atoms with E-state index in [1.165, 1.54) is 12.0 Å². The van der Waals surface area contributed by atoms with E-state index in [1.54, 1.807) is 36.3 Å². The highest BCUT2D eigenvalue weighted by atomic mass is 16.5. The van der Waals surface area contributed by atoms with Crippen LogP contribution in [0.5, 0.6) is 5.75 Å². The molecule has 3 atom stereocenters. The number of likely N-dealkylation sites (tertiary alicyclic amines) is 1. The number of aryl methyl sites for hydroxylation is 1. The molecule has 186 valence electrons. The number of benzene rings is 2. The van der Waals surface area contributed by atoms with Crippen LogP contribution in [0.4, 0.5) is 10.5 Å². The van der Waals surface area contributed by atoms with Crippen molar-refractivity contribution >= 4 is 23.6 Å². The van der Waals surface area contributed by atoms with Gasteiger partial charge in [0.2, 0.25) is 5.91 Å². The topological polar surface area (TPSA) is 100 Å². The number of ether oxygens (including phenoxy) is 2. The number of nitrogens with zero attached hydrogens (tertiary/aromatic N) is 2. The van der Waals surface area contributed by atoms with Gasteiger partial charge in [0, 0.05) is 31.9 Å². The molecule has 2 fully saturated rings. The van der Waals surface area contributed by atoms with Gasteiger partial charge in [-0.2, -0.15) is 0 Å². The average Bonchev–Trinajstić information content (AvgIpc) is 3.30. The van der Waals surface area contributed by atoms with Crippen LogP contribution in [0, 0.1) is 12.8 Å². The number of methoxy groups -OCH3 is 2. The van der Waals surface area contributed by atoms with Crippen LogP contribution in [0.3, 0.4) is 0 Å². The number of anilines is 1. The Morgan fingerprint density at radius 3 is 2.23 bits per heavy atom. The molecule has 0 aliphatic carbocycles. The molecule has 3 unspecified atom stereocenters. The summed E-state index contributed by atoms with van der Waals surface area (Å²) >= 11 is 0. The minimum absolute atomic E-state index is 0.153. The Kier molecular flexibility index (Phi) is 7.55. The van der Waals surface area contributed by atoms with Gasteiger partial charge in [-0.25, -0.2) is 4.79 Å². The lowest BCUT2D eigenvalue weighted by molar-refractivity contribution is -0.146. The summed E-state index contributed by atoms with van der Waals surface area (Å²) in [5, 5.41) is 6.15. The molecule has 2 aromatic rings. The number of carbonyl (C=O) groups excluding carboxylic acids is 3. The highest BCUT2D eigenvalue weighted by molar-refractivity contribution is 5.96. The van der Waals surface area contributed by atoms with E-state index in [9.17, 15) is 14.4 Å². The Morgan fingerprint density at radius 1 is 0.971 bits per heavy atom. The van der Waals surface area contributed by atoms with Crippen molar-refractivity contribution in [2.75, 3.05) is 45.7 Å². The third kappa shape index (κ3) is 5.24. The molecule has 0 radical (unpaired) electrons. The quantitative estimate of drug-likeness (QED) is 0.638. The maximum atomic E-state index is 13.7. The molecule has 2 N–H and O–H groups in total. The molecule has 9 nitrogen and oxygen atoms in total. The van der Waals surface area contributed by atoms with Crippen LogP contribution >= 0.6 is 0 Å².